The first kappa shape index (κ1) is 8.05. The molecule has 0 unspecified atom stereocenters. The maximum Gasteiger partial charge on any atom is 0.113 e. The summed E-state index contributed by atoms with van der Waals surface area (Å²) in [6.07, 6.45) is 5.23. The largest absolute Gasteiger partial charge is 0.296 e. The van der Waals surface area contributed by atoms with Gasteiger partial charge in [0, 0.05) is 26.6 Å². The van der Waals surface area contributed by atoms with Crippen molar-refractivity contribution in [2.45, 2.75) is 25.7 Å². The molecular formula is C9H17N3. The van der Waals surface area contributed by atoms with Crippen LogP contribution >= 0.6 is 0 Å². The Hall–Kier alpha value is -0.570. The van der Waals surface area contributed by atoms with Crippen molar-refractivity contribution in [3.63, 3.8) is 0 Å². The van der Waals surface area contributed by atoms with Crippen LogP contribution in [0.3, 0.4) is 0 Å². The third-order valence-corrected chi connectivity index (χ3v) is 2.62. The van der Waals surface area contributed by atoms with E-state index in [1.165, 1.54) is 25.1 Å². The fraction of sp³-hybridized carbons (Fsp3) is 0.889. The molecule has 12 heavy (non-hydrogen) atoms. The molecule has 0 atom stereocenters. The maximum absolute atomic E-state index is 4.25. The second kappa shape index (κ2) is 3.44. The Kier molecular flexibility index (Phi) is 2.30. The number of aliphatic imine (C=N–C) groups is 1. The van der Waals surface area contributed by atoms with Crippen LogP contribution in [-0.4, -0.2) is 31.0 Å². The van der Waals surface area contributed by atoms with Crippen molar-refractivity contribution in [2.75, 3.05) is 20.1 Å². The van der Waals surface area contributed by atoms with Crippen LogP contribution in [-0.2, 0) is 0 Å². The van der Waals surface area contributed by atoms with Gasteiger partial charge < -0.3 is 0 Å². The van der Waals surface area contributed by atoms with Gasteiger partial charge in [-0.25, -0.2) is 5.43 Å². The van der Waals surface area contributed by atoms with Gasteiger partial charge in [-0.05, 0) is 25.2 Å². The third kappa shape index (κ3) is 1.78. The van der Waals surface area contributed by atoms with Gasteiger partial charge in [0.2, 0.25) is 0 Å². The normalized spacial score (nSPS) is 27.1. The zero-order chi connectivity index (χ0) is 8.39. The van der Waals surface area contributed by atoms with Gasteiger partial charge in [-0.15, -0.1) is 0 Å². The van der Waals surface area contributed by atoms with E-state index >= 15 is 0 Å². The molecule has 0 radical (unpaired) electrons. The number of hydrogen-bond donors (Lipinski definition) is 1. The topological polar surface area (TPSA) is 27.6 Å². The van der Waals surface area contributed by atoms with Crippen LogP contribution in [0.1, 0.15) is 25.7 Å². The van der Waals surface area contributed by atoms with Crippen LogP contribution in [0.5, 0.6) is 0 Å². The summed E-state index contributed by atoms with van der Waals surface area (Å²) in [6, 6.07) is 0. The summed E-state index contributed by atoms with van der Waals surface area (Å²) in [5.41, 5.74) is 3.45. The molecule has 0 spiro atoms. The Bertz CT molecular complexity index is 184. The summed E-state index contributed by atoms with van der Waals surface area (Å²) in [4.78, 5) is 4.25. The van der Waals surface area contributed by atoms with Gasteiger partial charge in [-0.3, -0.25) is 10.0 Å². The zero-order valence-electron chi connectivity index (χ0n) is 7.71. The van der Waals surface area contributed by atoms with E-state index in [-0.39, 0.29) is 0 Å². The molecule has 0 aromatic carbocycles. The van der Waals surface area contributed by atoms with Crippen molar-refractivity contribution in [1.82, 2.24) is 10.4 Å². The van der Waals surface area contributed by atoms with Crippen molar-refractivity contribution in [3.8, 4) is 0 Å². The van der Waals surface area contributed by atoms with Crippen LogP contribution in [0.4, 0.5) is 0 Å². The molecule has 1 aliphatic heterocycles. The van der Waals surface area contributed by atoms with Crippen LogP contribution in [0.25, 0.3) is 0 Å². The lowest BCUT2D eigenvalue weighted by atomic mass is 10.4. The van der Waals surface area contributed by atoms with Gasteiger partial charge in [0.1, 0.15) is 5.84 Å². The monoisotopic (exact) mass is 167 g/mol. The maximum atomic E-state index is 4.25. The lowest BCUT2D eigenvalue weighted by Crippen LogP contribution is -2.40. The summed E-state index contributed by atoms with van der Waals surface area (Å²) < 4.78 is 0. The lowest BCUT2D eigenvalue weighted by Gasteiger charge is -2.19. The van der Waals surface area contributed by atoms with E-state index in [2.05, 4.69) is 15.4 Å². The molecule has 1 saturated heterocycles. The Balaban J connectivity index is 1.77. The highest BCUT2D eigenvalue weighted by molar-refractivity contribution is 5.83. The summed E-state index contributed by atoms with van der Waals surface area (Å²) in [5.74, 6) is 2.18. The minimum absolute atomic E-state index is 0.948. The second-order valence-electron chi connectivity index (χ2n) is 3.70. The van der Waals surface area contributed by atoms with E-state index in [0.717, 1.165) is 25.4 Å². The molecule has 2 fully saturated rings. The summed E-state index contributed by atoms with van der Waals surface area (Å²) in [7, 11) is 1.88. The number of rotatable bonds is 3. The van der Waals surface area contributed by atoms with E-state index in [9.17, 15) is 0 Å². The highest BCUT2D eigenvalue weighted by atomic mass is 15.5. The second-order valence-corrected chi connectivity index (χ2v) is 3.70. The molecule has 3 nitrogen and oxygen atoms in total. The van der Waals surface area contributed by atoms with Crippen molar-refractivity contribution in [1.29, 1.82) is 0 Å². The molecule has 0 aromatic rings. The fourth-order valence-electron chi connectivity index (χ4n) is 1.62. The molecule has 1 N–H and O–H groups in total. The average molecular weight is 167 g/mol. The Labute approximate surface area is 73.8 Å². The lowest BCUT2D eigenvalue weighted by molar-refractivity contribution is 0.324. The number of nitrogens with zero attached hydrogens (tertiary/aromatic N) is 2. The minimum Gasteiger partial charge on any atom is -0.296 e. The Morgan fingerprint density at radius 3 is 3.08 bits per heavy atom. The molecule has 2 aliphatic rings. The summed E-state index contributed by atoms with van der Waals surface area (Å²) >= 11 is 0. The molecule has 68 valence electrons. The van der Waals surface area contributed by atoms with Crippen molar-refractivity contribution in [2.24, 2.45) is 10.9 Å². The molecule has 1 saturated carbocycles. The highest BCUT2D eigenvalue weighted by Crippen LogP contribution is 2.27. The first-order valence-corrected chi connectivity index (χ1v) is 4.87. The van der Waals surface area contributed by atoms with Gasteiger partial charge in [0.05, 0.1) is 0 Å². The first-order chi connectivity index (χ1) is 5.90. The van der Waals surface area contributed by atoms with Gasteiger partial charge in [-0.2, -0.15) is 0 Å². The standard InChI is InChI=1S/C9H17N3/c1-10-9-3-2-6-12(9)11-7-8-4-5-8/h8,11H,2-7H2,1H3/b10-9-. The van der Waals surface area contributed by atoms with Crippen LogP contribution in [0.2, 0.25) is 0 Å². The molecule has 0 amide bonds. The number of hydrogen-bond acceptors (Lipinski definition) is 2. The highest BCUT2D eigenvalue weighted by Gasteiger charge is 2.24. The molecule has 1 heterocycles. The Morgan fingerprint density at radius 2 is 2.42 bits per heavy atom. The number of nitrogens with one attached hydrogen (secondary N) is 1. The summed E-state index contributed by atoms with van der Waals surface area (Å²) in [6.45, 7) is 2.29. The van der Waals surface area contributed by atoms with E-state index in [1.807, 2.05) is 7.05 Å². The minimum atomic E-state index is 0.948. The van der Waals surface area contributed by atoms with E-state index in [4.69, 9.17) is 0 Å². The van der Waals surface area contributed by atoms with Crippen LogP contribution in [0, 0.1) is 5.92 Å². The molecule has 2 rings (SSSR count). The number of amidine groups is 1. The first-order valence-electron chi connectivity index (χ1n) is 4.87. The molecule has 1 aliphatic carbocycles. The fourth-order valence-corrected chi connectivity index (χ4v) is 1.62. The van der Waals surface area contributed by atoms with E-state index in [1.54, 1.807) is 0 Å². The SMILES string of the molecule is C/N=C1/CCCN1NCC1CC1. The van der Waals surface area contributed by atoms with Crippen molar-refractivity contribution < 1.29 is 0 Å². The predicted molar refractivity (Wildman–Crippen MR) is 50.0 cm³/mol. The van der Waals surface area contributed by atoms with Gasteiger partial charge in [0.25, 0.3) is 0 Å². The predicted octanol–water partition coefficient (Wildman–Crippen LogP) is 1.03. The van der Waals surface area contributed by atoms with E-state index in [0.29, 0.717) is 0 Å². The number of hydrazine groups is 1. The van der Waals surface area contributed by atoms with Crippen LogP contribution < -0.4 is 5.43 Å². The van der Waals surface area contributed by atoms with Gasteiger partial charge in [-0.1, -0.05) is 0 Å². The van der Waals surface area contributed by atoms with Crippen LogP contribution in [0.15, 0.2) is 4.99 Å². The molecule has 0 bridgehead atoms. The Morgan fingerprint density at radius 1 is 1.58 bits per heavy atom. The third-order valence-electron chi connectivity index (χ3n) is 2.62. The summed E-state index contributed by atoms with van der Waals surface area (Å²) in [5, 5.41) is 2.22. The van der Waals surface area contributed by atoms with Crippen molar-refractivity contribution in [3.05, 3.63) is 0 Å². The van der Waals surface area contributed by atoms with E-state index < -0.39 is 0 Å². The van der Waals surface area contributed by atoms with Gasteiger partial charge in [0.15, 0.2) is 0 Å². The molecule has 3 heteroatoms. The molecular weight excluding hydrogens is 150 g/mol. The smallest absolute Gasteiger partial charge is 0.113 e. The van der Waals surface area contributed by atoms with Gasteiger partial charge >= 0.3 is 0 Å². The molecule has 0 aromatic heterocycles. The zero-order valence-corrected chi connectivity index (χ0v) is 7.71. The average Bonchev–Trinajstić information content (AvgIpc) is 2.81. The quantitative estimate of drug-likeness (QED) is 0.679. The van der Waals surface area contributed by atoms with Crippen molar-refractivity contribution >= 4 is 5.84 Å².